The summed E-state index contributed by atoms with van der Waals surface area (Å²) in [5, 5.41) is 0. The van der Waals surface area contributed by atoms with Crippen molar-refractivity contribution in [1.29, 1.82) is 0 Å². The van der Waals surface area contributed by atoms with E-state index in [0.717, 1.165) is 12.1 Å². The summed E-state index contributed by atoms with van der Waals surface area (Å²) < 4.78 is 50.0. The van der Waals surface area contributed by atoms with Crippen LogP contribution in [0, 0.1) is 5.82 Å². The smallest absolute Gasteiger partial charge is 0.207 e. The van der Waals surface area contributed by atoms with Crippen molar-refractivity contribution in [3.63, 3.8) is 0 Å². The van der Waals surface area contributed by atoms with E-state index in [1.807, 2.05) is 0 Å². The average molecular weight is 291 g/mol. The van der Waals surface area contributed by atoms with Gasteiger partial charge in [-0.3, -0.25) is 0 Å². The van der Waals surface area contributed by atoms with Crippen LogP contribution in [0.5, 0.6) is 0 Å². The fourth-order valence-electron chi connectivity index (χ4n) is 1.03. The zero-order chi connectivity index (χ0) is 10.9. The molecule has 0 N–H and O–H groups in total. The van der Waals surface area contributed by atoms with Gasteiger partial charge in [-0.15, -0.1) is 11.6 Å². The molecule has 0 heterocycles. The van der Waals surface area contributed by atoms with Gasteiger partial charge in [0, 0.05) is 10.0 Å². The molecule has 78 valence electrons. The Morgan fingerprint density at radius 3 is 2.21 bits per heavy atom. The average Bonchev–Trinajstić information content (AvgIpc) is 2.06. The Bertz CT molecular complexity index is 348. The highest BCUT2D eigenvalue weighted by Crippen LogP contribution is 2.38. The molecule has 0 aliphatic heterocycles. The van der Waals surface area contributed by atoms with Gasteiger partial charge in [0.1, 0.15) is 5.82 Å². The first-order valence-corrected chi connectivity index (χ1v) is 4.80. The van der Waals surface area contributed by atoms with Crippen LogP contribution in [0.25, 0.3) is 0 Å². The molecule has 0 saturated carbocycles. The zero-order valence-electron chi connectivity index (χ0n) is 6.63. The Kier molecular flexibility index (Phi) is 3.42. The molecule has 1 rings (SSSR count). The number of halogens is 6. The lowest BCUT2D eigenvalue weighted by molar-refractivity contribution is -0.138. The molecule has 0 nitrogen and oxygen atoms in total. The highest BCUT2D eigenvalue weighted by atomic mass is 79.9. The van der Waals surface area contributed by atoms with Crippen LogP contribution in [0.3, 0.4) is 0 Å². The van der Waals surface area contributed by atoms with E-state index in [0.29, 0.717) is 0 Å². The van der Waals surface area contributed by atoms with Crippen LogP contribution in [0.4, 0.5) is 17.6 Å². The van der Waals surface area contributed by atoms with Gasteiger partial charge in [0.15, 0.2) is 0 Å². The largest absolute Gasteiger partial charge is 0.417 e. The van der Waals surface area contributed by atoms with Crippen molar-refractivity contribution < 1.29 is 17.6 Å². The van der Waals surface area contributed by atoms with Crippen LogP contribution in [0.1, 0.15) is 11.1 Å². The fraction of sp³-hybridized carbons (Fsp3) is 0.250. The molecule has 0 spiro atoms. The highest BCUT2D eigenvalue weighted by Gasteiger charge is 2.36. The lowest BCUT2D eigenvalue weighted by Gasteiger charge is -2.13. The Morgan fingerprint density at radius 1 is 1.29 bits per heavy atom. The molecule has 1 aromatic carbocycles. The number of hydrogen-bond donors (Lipinski definition) is 0. The summed E-state index contributed by atoms with van der Waals surface area (Å²) in [5.74, 6) is -1.46. The van der Waals surface area contributed by atoms with Gasteiger partial charge in [-0.2, -0.15) is 13.2 Å². The normalized spacial score (nSPS) is 11.9. The molecule has 0 amide bonds. The first-order valence-electron chi connectivity index (χ1n) is 3.48. The van der Waals surface area contributed by atoms with Crippen molar-refractivity contribution in [2.75, 3.05) is 0 Å². The van der Waals surface area contributed by atoms with E-state index in [9.17, 15) is 17.6 Å². The molecule has 0 fully saturated rings. The maximum absolute atomic E-state index is 13.0. The molecule has 0 radical (unpaired) electrons. The third-order valence-corrected chi connectivity index (χ3v) is 2.55. The summed E-state index contributed by atoms with van der Waals surface area (Å²) in [5.41, 5.74) is -1.58. The summed E-state index contributed by atoms with van der Waals surface area (Å²) in [6, 6.07) is 1.95. The quantitative estimate of drug-likeness (QED) is 0.533. The maximum Gasteiger partial charge on any atom is 0.417 e. The summed E-state index contributed by atoms with van der Waals surface area (Å²) in [6.45, 7) is 0. The van der Waals surface area contributed by atoms with Crippen LogP contribution in [0.2, 0.25) is 0 Å². The highest BCUT2D eigenvalue weighted by molar-refractivity contribution is 9.10. The topological polar surface area (TPSA) is 0 Å². The van der Waals surface area contributed by atoms with Gasteiger partial charge in [0.2, 0.25) is 0 Å². The predicted molar refractivity (Wildman–Crippen MR) is 48.7 cm³/mol. The van der Waals surface area contributed by atoms with Crippen molar-refractivity contribution in [2.24, 2.45) is 0 Å². The summed E-state index contributed by atoms with van der Waals surface area (Å²) in [6.07, 6.45) is -4.61. The monoisotopic (exact) mass is 290 g/mol. The van der Waals surface area contributed by atoms with E-state index in [-0.39, 0.29) is 4.47 Å². The predicted octanol–water partition coefficient (Wildman–Crippen LogP) is 4.35. The second-order valence-electron chi connectivity index (χ2n) is 2.51. The zero-order valence-corrected chi connectivity index (χ0v) is 8.97. The molecule has 6 heteroatoms. The minimum absolute atomic E-state index is 0.206. The lowest BCUT2D eigenvalue weighted by atomic mass is 10.1. The van der Waals surface area contributed by atoms with Gasteiger partial charge in [-0.05, 0) is 12.1 Å². The standard InChI is InChI=1S/C8H4BrClF4/c9-5-1-2-6(11)4(3-10)7(5)8(12,13)14/h1-2H,3H2. The molecule has 14 heavy (non-hydrogen) atoms. The number of alkyl halides is 4. The molecule has 1 aromatic rings. The second kappa shape index (κ2) is 4.06. The van der Waals surface area contributed by atoms with E-state index in [1.54, 1.807) is 0 Å². The maximum atomic E-state index is 13.0. The van der Waals surface area contributed by atoms with Gasteiger partial charge in [0.25, 0.3) is 0 Å². The van der Waals surface area contributed by atoms with E-state index < -0.39 is 29.0 Å². The van der Waals surface area contributed by atoms with Gasteiger partial charge in [-0.25, -0.2) is 4.39 Å². The van der Waals surface area contributed by atoms with E-state index in [1.165, 1.54) is 0 Å². The minimum Gasteiger partial charge on any atom is -0.207 e. The van der Waals surface area contributed by atoms with E-state index in [4.69, 9.17) is 11.6 Å². The van der Waals surface area contributed by atoms with Crippen LogP contribution >= 0.6 is 27.5 Å². The van der Waals surface area contributed by atoms with E-state index >= 15 is 0 Å². The first-order chi connectivity index (χ1) is 6.38. The summed E-state index contributed by atoms with van der Waals surface area (Å²) in [7, 11) is 0. The molecule has 0 aromatic heterocycles. The SMILES string of the molecule is Fc1ccc(Br)c(C(F)(F)F)c1CCl. The van der Waals surface area contributed by atoms with Crippen molar-refractivity contribution in [1.82, 2.24) is 0 Å². The Hall–Kier alpha value is -0.290. The number of hydrogen-bond acceptors (Lipinski definition) is 0. The minimum atomic E-state index is -4.61. The molecule has 0 bridgehead atoms. The molecular weight excluding hydrogens is 287 g/mol. The van der Waals surface area contributed by atoms with Crippen LogP contribution < -0.4 is 0 Å². The fourth-order valence-corrected chi connectivity index (χ4v) is 1.89. The van der Waals surface area contributed by atoms with Gasteiger partial charge in [-0.1, -0.05) is 15.9 Å². The van der Waals surface area contributed by atoms with Gasteiger partial charge >= 0.3 is 6.18 Å². The van der Waals surface area contributed by atoms with Crippen LogP contribution in [0.15, 0.2) is 16.6 Å². The molecular formula is C8H4BrClF4. The van der Waals surface area contributed by atoms with E-state index in [2.05, 4.69) is 15.9 Å². The first kappa shape index (κ1) is 11.8. The third-order valence-electron chi connectivity index (χ3n) is 1.62. The molecule has 0 aliphatic rings. The molecule has 0 saturated heterocycles. The van der Waals surface area contributed by atoms with Crippen molar-refractivity contribution in [3.8, 4) is 0 Å². The van der Waals surface area contributed by atoms with Crippen LogP contribution in [-0.2, 0) is 12.1 Å². The third kappa shape index (κ3) is 2.20. The van der Waals surface area contributed by atoms with Crippen molar-refractivity contribution in [3.05, 3.63) is 33.5 Å². The summed E-state index contributed by atoms with van der Waals surface area (Å²) >= 11 is 7.97. The molecule has 0 unspecified atom stereocenters. The van der Waals surface area contributed by atoms with Crippen molar-refractivity contribution in [2.45, 2.75) is 12.1 Å². The lowest BCUT2D eigenvalue weighted by Crippen LogP contribution is -2.11. The Morgan fingerprint density at radius 2 is 1.86 bits per heavy atom. The van der Waals surface area contributed by atoms with Gasteiger partial charge < -0.3 is 0 Å². The summed E-state index contributed by atoms with van der Waals surface area (Å²) in [4.78, 5) is 0. The molecule has 0 aliphatic carbocycles. The van der Waals surface area contributed by atoms with Crippen molar-refractivity contribution >= 4 is 27.5 Å². The molecule has 0 atom stereocenters. The Labute approximate surface area is 91.0 Å². The van der Waals surface area contributed by atoms with Crippen LogP contribution in [-0.4, -0.2) is 0 Å². The second-order valence-corrected chi connectivity index (χ2v) is 3.64. The number of rotatable bonds is 1. The number of benzene rings is 1. The Balaban J connectivity index is 3.46. The van der Waals surface area contributed by atoms with Gasteiger partial charge in [0.05, 0.1) is 11.4 Å².